The van der Waals surface area contributed by atoms with Gasteiger partial charge in [0.25, 0.3) is 0 Å². The predicted molar refractivity (Wildman–Crippen MR) is 60.6 cm³/mol. The summed E-state index contributed by atoms with van der Waals surface area (Å²) in [5.41, 5.74) is 1.14. The van der Waals surface area contributed by atoms with E-state index in [9.17, 15) is 4.79 Å². The Kier molecular flexibility index (Phi) is 3.05. The lowest BCUT2D eigenvalue weighted by Gasteiger charge is -2.19. The standard InChI is InChI=1S/C13H17NO/c1-10-6-5-9-14-13(15)12(10)11-7-3-2-4-8-11/h2-4,7-8,10,12H,5-6,9H2,1H3,(H,14,15). The second-order valence-corrected chi connectivity index (χ2v) is 4.30. The summed E-state index contributed by atoms with van der Waals surface area (Å²) in [6.45, 7) is 3.00. The second kappa shape index (κ2) is 4.47. The highest BCUT2D eigenvalue weighted by Crippen LogP contribution is 2.29. The number of amides is 1. The van der Waals surface area contributed by atoms with Crippen LogP contribution in [0.3, 0.4) is 0 Å². The number of carbonyl (C=O) groups is 1. The third-order valence-corrected chi connectivity index (χ3v) is 3.15. The molecule has 1 aromatic carbocycles. The number of nitrogens with one attached hydrogen (secondary N) is 1. The minimum absolute atomic E-state index is 0.0358. The van der Waals surface area contributed by atoms with Crippen LogP contribution >= 0.6 is 0 Å². The number of hydrogen-bond donors (Lipinski definition) is 1. The highest BCUT2D eigenvalue weighted by molar-refractivity contribution is 5.84. The fraction of sp³-hybridized carbons (Fsp3) is 0.462. The molecule has 2 rings (SSSR count). The lowest BCUT2D eigenvalue weighted by molar-refractivity contribution is -0.123. The molecule has 1 saturated heterocycles. The Morgan fingerprint density at radius 2 is 2.00 bits per heavy atom. The molecule has 1 heterocycles. The smallest absolute Gasteiger partial charge is 0.227 e. The van der Waals surface area contributed by atoms with Gasteiger partial charge in [-0.05, 0) is 24.3 Å². The lowest BCUT2D eigenvalue weighted by Crippen LogP contribution is -2.29. The molecule has 15 heavy (non-hydrogen) atoms. The van der Waals surface area contributed by atoms with Crippen molar-refractivity contribution in [1.29, 1.82) is 0 Å². The minimum atomic E-state index is 0.0358. The predicted octanol–water partition coefficient (Wildman–Crippen LogP) is 2.32. The van der Waals surface area contributed by atoms with Crippen LogP contribution in [0.2, 0.25) is 0 Å². The average molecular weight is 203 g/mol. The molecule has 0 aliphatic carbocycles. The van der Waals surface area contributed by atoms with Gasteiger partial charge in [0.15, 0.2) is 0 Å². The maximum absolute atomic E-state index is 11.9. The van der Waals surface area contributed by atoms with E-state index in [1.807, 2.05) is 30.3 Å². The van der Waals surface area contributed by atoms with Crippen molar-refractivity contribution in [3.8, 4) is 0 Å². The Balaban J connectivity index is 2.28. The van der Waals surface area contributed by atoms with Gasteiger partial charge in [0, 0.05) is 6.54 Å². The van der Waals surface area contributed by atoms with Crippen LogP contribution in [0, 0.1) is 5.92 Å². The molecule has 0 saturated carbocycles. The molecule has 1 aromatic rings. The topological polar surface area (TPSA) is 29.1 Å². The van der Waals surface area contributed by atoms with E-state index in [0.29, 0.717) is 5.92 Å². The second-order valence-electron chi connectivity index (χ2n) is 4.30. The fourth-order valence-corrected chi connectivity index (χ4v) is 2.31. The van der Waals surface area contributed by atoms with Crippen LogP contribution < -0.4 is 5.32 Å². The minimum Gasteiger partial charge on any atom is -0.356 e. The molecule has 0 bridgehead atoms. The summed E-state index contributed by atoms with van der Waals surface area (Å²) >= 11 is 0. The van der Waals surface area contributed by atoms with Gasteiger partial charge in [-0.15, -0.1) is 0 Å². The summed E-state index contributed by atoms with van der Waals surface area (Å²) in [6.07, 6.45) is 2.22. The zero-order valence-corrected chi connectivity index (χ0v) is 9.07. The van der Waals surface area contributed by atoms with Crippen molar-refractivity contribution < 1.29 is 4.79 Å². The van der Waals surface area contributed by atoms with Crippen molar-refractivity contribution in [1.82, 2.24) is 5.32 Å². The lowest BCUT2D eigenvalue weighted by atomic mass is 9.85. The number of rotatable bonds is 1. The number of hydrogen-bond acceptors (Lipinski definition) is 1. The molecule has 0 spiro atoms. The quantitative estimate of drug-likeness (QED) is 0.745. The third-order valence-electron chi connectivity index (χ3n) is 3.15. The Morgan fingerprint density at radius 1 is 1.27 bits per heavy atom. The fourth-order valence-electron chi connectivity index (χ4n) is 2.31. The van der Waals surface area contributed by atoms with E-state index in [4.69, 9.17) is 0 Å². The van der Waals surface area contributed by atoms with Crippen molar-refractivity contribution >= 4 is 5.91 Å². The Morgan fingerprint density at radius 3 is 2.73 bits per heavy atom. The van der Waals surface area contributed by atoms with E-state index in [0.717, 1.165) is 24.9 Å². The van der Waals surface area contributed by atoms with Crippen LogP contribution in [0.5, 0.6) is 0 Å². The summed E-state index contributed by atoms with van der Waals surface area (Å²) in [7, 11) is 0. The van der Waals surface area contributed by atoms with Crippen molar-refractivity contribution in [3.05, 3.63) is 35.9 Å². The maximum Gasteiger partial charge on any atom is 0.227 e. The summed E-state index contributed by atoms with van der Waals surface area (Å²) < 4.78 is 0. The van der Waals surface area contributed by atoms with Gasteiger partial charge in [-0.3, -0.25) is 4.79 Å². The first kappa shape index (κ1) is 10.2. The van der Waals surface area contributed by atoms with Crippen molar-refractivity contribution in [3.63, 3.8) is 0 Å². The molecular formula is C13H17NO. The molecular weight excluding hydrogens is 186 g/mol. The van der Waals surface area contributed by atoms with Crippen LogP contribution in [-0.4, -0.2) is 12.5 Å². The third kappa shape index (κ3) is 2.20. The number of carbonyl (C=O) groups excluding carboxylic acids is 1. The van der Waals surface area contributed by atoms with Gasteiger partial charge in [-0.2, -0.15) is 0 Å². The normalized spacial score (nSPS) is 26.9. The van der Waals surface area contributed by atoms with Crippen LogP contribution in [0.15, 0.2) is 30.3 Å². The summed E-state index contributed by atoms with van der Waals surface area (Å²) in [6, 6.07) is 10.1. The van der Waals surface area contributed by atoms with E-state index in [2.05, 4.69) is 12.2 Å². The molecule has 2 heteroatoms. The molecule has 2 unspecified atom stereocenters. The van der Waals surface area contributed by atoms with Gasteiger partial charge in [0.05, 0.1) is 5.92 Å². The molecule has 1 aliphatic rings. The van der Waals surface area contributed by atoms with Crippen molar-refractivity contribution in [2.24, 2.45) is 5.92 Å². The van der Waals surface area contributed by atoms with E-state index < -0.39 is 0 Å². The molecule has 1 fully saturated rings. The zero-order valence-electron chi connectivity index (χ0n) is 9.07. The molecule has 2 atom stereocenters. The van der Waals surface area contributed by atoms with Gasteiger partial charge in [-0.1, -0.05) is 37.3 Å². The molecule has 2 nitrogen and oxygen atoms in total. The van der Waals surface area contributed by atoms with Gasteiger partial charge in [-0.25, -0.2) is 0 Å². The average Bonchev–Trinajstić information content (AvgIpc) is 2.41. The monoisotopic (exact) mass is 203 g/mol. The van der Waals surface area contributed by atoms with E-state index in [1.165, 1.54) is 0 Å². The van der Waals surface area contributed by atoms with E-state index >= 15 is 0 Å². The van der Waals surface area contributed by atoms with Crippen LogP contribution in [0.1, 0.15) is 31.2 Å². The Labute approximate surface area is 90.7 Å². The van der Waals surface area contributed by atoms with E-state index in [1.54, 1.807) is 0 Å². The first-order chi connectivity index (χ1) is 7.29. The summed E-state index contributed by atoms with van der Waals surface area (Å²) in [4.78, 5) is 11.9. The molecule has 1 amide bonds. The Hall–Kier alpha value is -1.31. The van der Waals surface area contributed by atoms with Crippen molar-refractivity contribution in [2.45, 2.75) is 25.7 Å². The van der Waals surface area contributed by atoms with Gasteiger partial charge < -0.3 is 5.32 Å². The first-order valence-corrected chi connectivity index (χ1v) is 5.61. The number of benzene rings is 1. The van der Waals surface area contributed by atoms with Gasteiger partial charge in [0.2, 0.25) is 5.91 Å². The molecule has 0 aromatic heterocycles. The van der Waals surface area contributed by atoms with Crippen LogP contribution in [0.25, 0.3) is 0 Å². The maximum atomic E-state index is 11.9. The van der Waals surface area contributed by atoms with Gasteiger partial charge in [0.1, 0.15) is 0 Å². The molecule has 1 aliphatic heterocycles. The Bertz CT molecular complexity index is 334. The highest BCUT2D eigenvalue weighted by atomic mass is 16.1. The highest BCUT2D eigenvalue weighted by Gasteiger charge is 2.28. The molecule has 1 N–H and O–H groups in total. The van der Waals surface area contributed by atoms with E-state index in [-0.39, 0.29) is 11.8 Å². The zero-order chi connectivity index (χ0) is 10.7. The summed E-state index contributed by atoms with van der Waals surface area (Å²) in [5.74, 6) is 0.662. The largest absolute Gasteiger partial charge is 0.356 e. The van der Waals surface area contributed by atoms with Crippen molar-refractivity contribution in [2.75, 3.05) is 6.54 Å². The molecule has 0 radical (unpaired) electrons. The van der Waals surface area contributed by atoms with Crippen LogP contribution in [0.4, 0.5) is 0 Å². The van der Waals surface area contributed by atoms with Crippen LogP contribution in [-0.2, 0) is 4.79 Å². The SMILES string of the molecule is CC1CCCNC(=O)C1c1ccccc1. The molecule has 80 valence electrons. The summed E-state index contributed by atoms with van der Waals surface area (Å²) in [5, 5.41) is 2.98. The van der Waals surface area contributed by atoms with Gasteiger partial charge >= 0.3 is 0 Å². The first-order valence-electron chi connectivity index (χ1n) is 5.61.